The van der Waals surface area contributed by atoms with Gasteiger partial charge in [0.05, 0.1) is 40.5 Å². The van der Waals surface area contributed by atoms with Gasteiger partial charge in [-0.1, -0.05) is 19.9 Å². The van der Waals surface area contributed by atoms with Crippen LogP contribution in [0.2, 0.25) is 0 Å². The summed E-state index contributed by atoms with van der Waals surface area (Å²) in [6, 6.07) is 5.71. The fraction of sp³-hybridized carbons (Fsp3) is 0.684. The summed E-state index contributed by atoms with van der Waals surface area (Å²) >= 11 is 0. The zero-order valence-electron chi connectivity index (χ0n) is 15.1. The third-order valence-corrected chi connectivity index (χ3v) is 4.63. The molecule has 1 aromatic carbocycles. The molecule has 4 nitrogen and oxygen atoms in total. The highest BCUT2D eigenvalue weighted by Gasteiger charge is 2.24. The van der Waals surface area contributed by atoms with Gasteiger partial charge in [-0.25, -0.2) is 0 Å². The first-order valence-corrected chi connectivity index (χ1v) is 8.81. The number of rotatable bonds is 8. The van der Waals surface area contributed by atoms with Crippen molar-refractivity contribution < 1.29 is 19.1 Å². The van der Waals surface area contributed by atoms with Gasteiger partial charge in [-0.15, -0.1) is 0 Å². The zero-order chi connectivity index (χ0) is 16.7. The summed E-state index contributed by atoms with van der Waals surface area (Å²) in [5.74, 6) is 3.90. The summed E-state index contributed by atoms with van der Waals surface area (Å²) in [6.07, 6.45) is 3.65. The number of ether oxygens (including phenoxy) is 3. The lowest BCUT2D eigenvalue weighted by Crippen LogP contribution is -3.14. The first-order chi connectivity index (χ1) is 11.1. The Morgan fingerprint density at radius 1 is 1.00 bits per heavy atom. The molecule has 1 saturated heterocycles. The number of benzene rings is 1. The van der Waals surface area contributed by atoms with Gasteiger partial charge in [-0.2, -0.15) is 0 Å². The molecule has 1 heterocycles. The van der Waals surface area contributed by atoms with Crippen LogP contribution in [0.5, 0.6) is 17.2 Å². The van der Waals surface area contributed by atoms with E-state index in [2.05, 4.69) is 13.8 Å². The van der Waals surface area contributed by atoms with Crippen molar-refractivity contribution in [2.45, 2.75) is 33.1 Å². The van der Waals surface area contributed by atoms with Gasteiger partial charge in [0, 0.05) is 11.8 Å². The molecule has 0 spiro atoms. The van der Waals surface area contributed by atoms with Crippen LogP contribution < -0.4 is 19.1 Å². The van der Waals surface area contributed by atoms with E-state index in [1.807, 2.05) is 18.2 Å². The van der Waals surface area contributed by atoms with Crippen LogP contribution in [-0.2, 0) is 0 Å². The minimum atomic E-state index is 0.703. The molecule has 1 aromatic rings. The van der Waals surface area contributed by atoms with E-state index in [4.69, 9.17) is 14.2 Å². The zero-order valence-corrected chi connectivity index (χ0v) is 15.1. The molecule has 0 amide bonds. The summed E-state index contributed by atoms with van der Waals surface area (Å²) in [4.78, 5) is 1.76. The van der Waals surface area contributed by atoms with Crippen LogP contribution >= 0.6 is 0 Å². The number of piperidine rings is 1. The Morgan fingerprint density at radius 2 is 1.61 bits per heavy atom. The van der Waals surface area contributed by atoms with Crippen LogP contribution in [0.4, 0.5) is 0 Å². The van der Waals surface area contributed by atoms with Crippen LogP contribution in [0, 0.1) is 11.8 Å². The van der Waals surface area contributed by atoms with Crippen LogP contribution in [0.3, 0.4) is 0 Å². The third kappa shape index (κ3) is 5.31. The number of likely N-dealkylation sites (tertiary alicyclic amines) is 1. The molecule has 4 heteroatoms. The Morgan fingerprint density at radius 3 is 2.17 bits per heavy atom. The van der Waals surface area contributed by atoms with Crippen molar-refractivity contribution in [2.75, 3.05) is 40.5 Å². The van der Waals surface area contributed by atoms with Crippen LogP contribution in [0.15, 0.2) is 18.2 Å². The maximum Gasteiger partial charge on any atom is 0.203 e. The molecule has 2 rings (SSSR count). The van der Waals surface area contributed by atoms with E-state index in [1.54, 1.807) is 19.1 Å². The number of unbranched alkanes of at least 4 members (excludes halogenated alkanes) is 1. The highest BCUT2D eigenvalue weighted by molar-refractivity contribution is 5.51. The van der Waals surface area contributed by atoms with E-state index >= 15 is 0 Å². The van der Waals surface area contributed by atoms with E-state index in [1.165, 1.54) is 32.5 Å². The Kier molecular flexibility index (Phi) is 7.03. The van der Waals surface area contributed by atoms with E-state index < -0.39 is 0 Å². The largest absolute Gasteiger partial charge is 0.493 e. The Labute approximate surface area is 140 Å². The number of nitrogens with one attached hydrogen (secondary N) is 1. The first-order valence-electron chi connectivity index (χ1n) is 8.81. The molecule has 0 bridgehead atoms. The Balaban J connectivity index is 1.73. The van der Waals surface area contributed by atoms with Crippen LogP contribution in [-0.4, -0.2) is 40.5 Å². The number of quaternary nitrogens is 1. The fourth-order valence-corrected chi connectivity index (χ4v) is 3.74. The van der Waals surface area contributed by atoms with Crippen LogP contribution in [0.25, 0.3) is 0 Å². The molecule has 130 valence electrons. The molecule has 1 fully saturated rings. The second kappa shape index (κ2) is 9.02. The monoisotopic (exact) mass is 322 g/mol. The van der Waals surface area contributed by atoms with Crippen LogP contribution in [0.1, 0.15) is 33.1 Å². The molecular weight excluding hydrogens is 290 g/mol. The minimum Gasteiger partial charge on any atom is -0.493 e. The predicted molar refractivity (Wildman–Crippen MR) is 92.8 cm³/mol. The second-order valence-electron chi connectivity index (χ2n) is 6.90. The maximum atomic E-state index is 5.92. The smallest absolute Gasteiger partial charge is 0.203 e. The second-order valence-corrected chi connectivity index (χ2v) is 6.90. The van der Waals surface area contributed by atoms with Gasteiger partial charge in [0.2, 0.25) is 5.75 Å². The van der Waals surface area contributed by atoms with E-state index in [0.717, 1.165) is 29.8 Å². The third-order valence-electron chi connectivity index (χ3n) is 4.63. The molecule has 0 saturated carbocycles. The van der Waals surface area contributed by atoms with Gasteiger partial charge in [0.15, 0.2) is 11.5 Å². The normalized spacial score (nSPS) is 24.3. The first kappa shape index (κ1) is 17.9. The standard InChI is InChI=1S/C19H31NO3/c1-15-12-16(2)14-20(13-15)10-5-6-11-23-19-17(21-3)8-7-9-18(19)22-4/h7-9,15-16H,5-6,10-14H2,1-4H3/p+1/t15-,16-/m0/s1. The molecule has 23 heavy (non-hydrogen) atoms. The summed E-state index contributed by atoms with van der Waals surface area (Å²) in [5, 5.41) is 0. The van der Waals surface area contributed by atoms with Gasteiger partial charge in [0.1, 0.15) is 0 Å². The molecule has 0 unspecified atom stereocenters. The van der Waals surface area contributed by atoms with Crippen molar-refractivity contribution in [3.8, 4) is 17.2 Å². The summed E-state index contributed by atoms with van der Waals surface area (Å²) in [7, 11) is 3.31. The number of para-hydroxylation sites is 1. The van der Waals surface area contributed by atoms with Gasteiger partial charge in [-0.3, -0.25) is 0 Å². The average molecular weight is 322 g/mol. The quantitative estimate of drug-likeness (QED) is 0.746. The molecule has 0 radical (unpaired) electrons. The van der Waals surface area contributed by atoms with Crippen molar-refractivity contribution in [3.05, 3.63) is 18.2 Å². The van der Waals surface area contributed by atoms with Crippen molar-refractivity contribution in [2.24, 2.45) is 11.8 Å². The molecule has 2 atom stereocenters. The molecule has 1 N–H and O–H groups in total. The van der Waals surface area contributed by atoms with Gasteiger partial charge in [0.25, 0.3) is 0 Å². The lowest BCUT2D eigenvalue weighted by Gasteiger charge is -2.32. The fourth-order valence-electron chi connectivity index (χ4n) is 3.74. The topological polar surface area (TPSA) is 32.1 Å². The SMILES string of the molecule is COc1cccc(OC)c1OCCCC[NH+]1C[C@@H](C)C[C@H](C)C1. The number of methoxy groups -OCH3 is 2. The summed E-state index contributed by atoms with van der Waals surface area (Å²) in [6.45, 7) is 9.37. The highest BCUT2D eigenvalue weighted by atomic mass is 16.5. The van der Waals surface area contributed by atoms with E-state index in [-0.39, 0.29) is 0 Å². The Bertz CT molecular complexity index is 445. The summed E-state index contributed by atoms with van der Waals surface area (Å²) in [5.41, 5.74) is 0. The lowest BCUT2D eigenvalue weighted by atomic mass is 9.92. The molecule has 0 aromatic heterocycles. The van der Waals surface area contributed by atoms with Crippen molar-refractivity contribution >= 4 is 0 Å². The molecule has 1 aliphatic heterocycles. The molecular formula is C19H32NO3+. The lowest BCUT2D eigenvalue weighted by molar-refractivity contribution is -0.912. The van der Waals surface area contributed by atoms with Gasteiger partial charge >= 0.3 is 0 Å². The maximum absolute atomic E-state index is 5.92. The number of hydrogen-bond acceptors (Lipinski definition) is 3. The van der Waals surface area contributed by atoms with Crippen molar-refractivity contribution in [1.29, 1.82) is 0 Å². The van der Waals surface area contributed by atoms with Gasteiger partial charge < -0.3 is 19.1 Å². The summed E-state index contributed by atoms with van der Waals surface area (Å²) < 4.78 is 16.6. The minimum absolute atomic E-state index is 0.703. The van der Waals surface area contributed by atoms with E-state index in [9.17, 15) is 0 Å². The number of hydrogen-bond donors (Lipinski definition) is 1. The molecule has 1 aliphatic rings. The predicted octanol–water partition coefficient (Wildman–Crippen LogP) is 2.42. The van der Waals surface area contributed by atoms with Crippen molar-refractivity contribution in [1.82, 2.24) is 0 Å². The highest BCUT2D eigenvalue weighted by Crippen LogP contribution is 2.36. The van der Waals surface area contributed by atoms with E-state index in [0.29, 0.717) is 12.4 Å². The Hall–Kier alpha value is -1.42. The van der Waals surface area contributed by atoms with Crippen molar-refractivity contribution in [3.63, 3.8) is 0 Å². The molecule has 0 aliphatic carbocycles. The van der Waals surface area contributed by atoms with Gasteiger partial charge in [-0.05, 0) is 31.4 Å². The average Bonchev–Trinajstić information content (AvgIpc) is 2.53.